The zero-order chi connectivity index (χ0) is 16.2. The average molecular weight is 308 g/mol. The standard InChI is InChI=1S/C16H16N6O/c1-12-19-15(23-20-12)11-21-5-7-22(8-6-21)16-13(9-17)3-2-4-14(16)10-18/h2-4H,5-8,11H2,1H3. The SMILES string of the molecule is Cc1noc(CN2CCN(c3c(C#N)cccc3C#N)CC2)n1. The first kappa shape index (κ1) is 15.0. The fourth-order valence-corrected chi connectivity index (χ4v) is 2.79. The molecule has 2 heterocycles. The van der Waals surface area contributed by atoms with Crippen LogP contribution >= 0.6 is 0 Å². The second-order valence-corrected chi connectivity index (χ2v) is 5.42. The smallest absolute Gasteiger partial charge is 0.240 e. The fourth-order valence-electron chi connectivity index (χ4n) is 2.79. The molecule has 1 aliphatic heterocycles. The molecule has 3 rings (SSSR count). The minimum atomic E-state index is 0.546. The number of anilines is 1. The van der Waals surface area contributed by atoms with Gasteiger partial charge in [0, 0.05) is 26.2 Å². The number of para-hydroxylation sites is 1. The van der Waals surface area contributed by atoms with Gasteiger partial charge in [-0.1, -0.05) is 11.2 Å². The molecule has 0 N–H and O–H groups in total. The van der Waals surface area contributed by atoms with Crippen LogP contribution in [0.4, 0.5) is 5.69 Å². The molecule has 1 aliphatic rings. The highest BCUT2D eigenvalue weighted by molar-refractivity contribution is 5.68. The van der Waals surface area contributed by atoms with Crippen LogP contribution in [0.5, 0.6) is 0 Å². The van der Waals surface area contributed by atoms with Gasteiger partial charge in [-0.25, -0.2) is 0 Å². The van der Waals surface area contributed by atoms with Crippen molar-refractivity contribution in [1.29, 1.82) is 10.5 Å². The lowest BCUT2D eigenvalue weighted by molar-refractivity contribution is 0.215. The molecule has 1 aromatic carbocycles. The van der Waals surface area contributed by atoms with E-state index in [2.05, 4.69) is 32.1 Å². The number of benzene rings is 1. The number of hydrogen-bond acceptors (Lipinski definition) is 7. The molecule has 0 atom stereocenters. The molecule has 1 aromatic heterocycles. The molecule has 0 amide bonds. The first-order valence-electron chi connectivity index (χ1n) is 7.41. The summed E-state index contributed by atoms with van der Waals surface area (Å²) in [5.74, 6) is 1.26. The van der Waals surface area contributed by atoms with Crippen molar-refractivity contribution in [3.63, 3.8) is 0 Å². The Morgan fingerprint density at radius 2 is 1.78 bits per heavy atom. The number of aromatic nitrogens is 2. The predicted molar refractivity (Wildman–Crippen MR) is 82.4 cm³/mol. The summed E-state index contributed by atoms with van der Waals surface area (Å²) in [6.45, 7) is 5.55. The average Bonchev–Trinajstić information content (AvgIpc) is 2.99. The zero-order valence-electron chi connectivity index (χ0n) is 12.9. The summed E-state index contributed by atoms with van der Waals surface area (Å²) in [5, 5.41) is 22.4. The largest absolute Gasteiger partial charge is 0.367 e. The molecule has 0 unspecified atom stereocenters. The van der Waals surface area contributed by atoms with Crippen LogP contribution in [-0.2, 0) is 6.54 Å². The lowest BCUT2D eigenvalue weighted by atomic mass is 10.1. The molecule has 116 valence electrons. The molecule has 7 nitrogen and oxygen atoms in total. The fraction of sp³-hybridized carbons (Fsp3) is 0.375. The quantitative estimate of drug-likeness (QED) is 0.847. The van der Waals surface area contributed by atoms with E-state index in [1.54, 1.807) is 25.1 Å². The van der Waals surface area contributed by atoms with Gasteiger partial charge in [0.15, 0.2) is 5.82 Å². The summed E-state index contributed by atoms with van der Waals surface area (Å²) in [4.78, 5) is 8.55. The number of nitrogens with zero attached hydrogens (tertiary/aromatic N) is 6. The van der Waals surface area contributed by atoms with Gasteiger partial charge in [0.2, 0.25) is 5.89 Å². The summed E-state index contributed by atoms with van der Waals surface area (Å²) in [7, 11) is 0. The van der Waals surface area contributed by atoms with E-state index in [0.29, 0.717) is 29.4 Å². The van der Waals surface area contributed by atoms with Gasteiger partial charge < -0.3 is 9.42 Å². The lowest BCUT2D eigenvalue weighted by Gasteiger charge is -2.36. The topological polar surface area (TPSA) is 93.0 Å². The molecule has 1 saturated heterocycles. The van der Waals surface area contributed by atoms with Crippen molar-refractivity contribution in [2.75, 3.05) is 31.1 Å². The maximum absolute atomic E-state index is 9.29. The molecule has 0 spiro atoms. The van der Waals surface area contributed by atoms with Crippen LogP contribution in [0.1, 0.15) is 22.8 Å². The minimum Gasteiger partial charge on any atom is -0.367 e. The first-order valence-corrected chi connectivity index (χ1v) is 7.41. The number of piperazine rings is 1. The summed E-state index contributed by atoms with van der Waals surface area (Å²) in [6, 6.07) is 9.62. The van der Waals surface area contributed by atoms with E-state index in [4.69, 9.17) is 4.52 Å². The Kier molecular flexibility index (Phi) is 4.22. The van der Waals surface area contributed by atoms with Crippen LogP contribution in [0.2, 0.25) is 0 Å². The van der Waals surface area contributed by atoms with Gasteiger partial charge in [-0.05, 0) is 19.1 Å². The summed E-state index contributed by atoms with van der Waals surface area (Å²) in [6.07, 6.45) is 0. The Morgan fingerprint density at radius 3 is 2.30 bits per heavy atom. The molecular formula is C16H16N6O. The van der Waals surface area contributed by atoms with Gasteiger partial charge in [-0.3, -0.25) is 4.90 Å². The van der Waals surface area contributed by atoms with E-state index in [-0.39, 0.29) is 0 Å². The second kappa shape index (κ2) is 6.47. The van der Waals surface area contributed by atoms with E-state index in [9.17, 15) is 10.5 Å². The van der Waals surface area contributed by atoms with Gasteiger partial charge in [0.05, 0.1) is 23.4 Å². The van der Waals surface area contributed by atoms with E-state index in [1.807, 2.05) is 0 Å². The molecule has 7 heteroatoms. The van der Waals surface area contributed by atoms with Gasteiger partial charge >= 0.3 is 0 Å². The lowest BCUT2D eigenvalue weighted by Crippen LogP contribution is -2.46. The highest BCUT2D eigenvalue weighted by atomic mass is 16.5. The van der Waals surface area contributed by atoms with Gasteiger partial charge in [0.25, 0.3) is 0 Å². The predicted octanol–water partition coefficient (Wildman–Crippen LogP) is 1.44. The van der Waals surface area contributed by atoms with Crippen LogP contribution in [-0.4, -0.2) is 41.2 Å². The highest BCUT2D eigenvalue weighted by Gasteiger charge is 2.22. The van der Waals surface area contributed by atoms with Crippen LogP contribution in [0.25, 0.3) is 0 Å². The number of aryl methyl sites for hydroxylation is 1. The van der Waals surface area contributed by atoms with Crippen LogP contribution in [0, 0.1) is 29.6 Å². The molecule has 0 bridgehead atoms. The molecule has 2 aromatic rings. The molecule has 23 heavy (non-hydrogen) atoms. The Morgan fingerprint density at radius 1 is 1.13 bits per heavy atom. The maximum atomic E-state index is 9.29. The van der Waals surface area contributed by atoms with Crippen LogP contribution in [0.15, 0.2) is 22.7 Å². The van der Waals surface area contributed by atoms with E-state index in [1.165, 1.54) is 0 Å². The Bertz CT molecular complexity index is 744. The number of hydrogen-bond donors (Lipinski definition) is 0. The van der Waals surface area contributed by atoms with E-state index < -0.39 is 0 Å². The third kappa shape index (κ3) is 3.15. The summed E-state index contributed by atoms with van der Waals surface area (Å²) in [5.41, 5.74) is 1.83. The zero-order valence-corrected chi connectivity index (χ0v) is 12.9. The highest BCUT2D eigenvalue weighted by Crippen LogP contribution is 2.26. The van der Waals surface area contributed by atoms with Gasteiger partial charge in [0.1, 0.15) is 12.1 Å². The summed E-state index contributed by atoms with van der Waals surface area (Å²) < 4.78 is 5.15. The molecule has 0 radical (unpaired) electrons. The Hall–Kier alpha value is -2.90. The van der Waals surface area contributed by atoms with E-state index >= 15 is 0 Å². The second-order valence-electron chi connectivity index (χ2n) is 5.42. The minimum absolute atomic E-state index is 0.546. The van der Waals surface area contributed by atoms with Crippen molar-refractivity contribution in [1.82, 2.24) is 15.0 Å². The van der Waals surface area contributed by atoms with Crippen LogP contribution < -0.4 is 4.90 Å². The molecule has 0 aliphatic carbocycles. The number of nitriles is 2. The van der Waals surface area contributed by atoms with Gasteiger partial charge in [-0.2, -0.15) is 15.5 Å². The summed E-state index contributed by atoms with van der Waals surface area (Å²) >= 11 is 0. The van der Waals surface area contributed by atoms with Crippen molar-refractivity contribution in [2.45, 2.75) is 13.5 Å². The van der Waals surface area contributed by atoms with Crippen molar-refractivity contribution < 1.29 is 4.52 Å². The van der Waals surface area contributed by atoms with Crippen molar-refractivity contribution in [3.05, 3.63) is 41.0 Å². The van der Waals surface area contributed by atoms with Crippen LogP contribution in [0.3, 0.4) is 0 Å². The Balaban J connectivity index is 1.70. The van der Waals surface area contributed by atoms with Crippen molar-refractivity contribution in [2.24, 2.45) is 0 Å². The number of rotatable bonds is 3. The monoisotopic (exact) mass is 308 g/mol. The third-order valence-electron chi connectivity index (χ3n) is 3.89. The van der Waals surface area contributed by atoms with Crippen molar-refractivity contribution >= 4 is 5.69 Å². The normalized spacial score (nSPS) is 15.2. The van der Waals surface area contributed by atoms with E-state index in [0.717, 1.165) is 31.9 Å². The third-order valence-corrected chi connectivity index (χ3v) is 3.89. The maximum Gasteiger partial charge on any atom is 0.240 e. The molecule has 0 saturated carbocycles. The van der Waals surface area contributed by atoms with Gasteiger partial charge in [-0.15, -0.1) is 0 Å². The molecule has 1 fully saturated rings. The van der Waals surface area contributed by atoms with Crippen molar-refractivity contribution in [3.8, 4) is 12.1 Å². The molecular weight excluding hydrogens is 292 g/mol. The first-order chi connectivity index (χ1) is 11.2. The Labute approximate surface area is 134 Å².